The van der Waals surface area contributed by atoms with Crippen LogP contribution in [0.4, 0.5) is 0 Å². The minimum atomic E-state index is -0.312. The zero-order valence-corrected chi connectivity index (χ0v) is 14.7. The number of benzene rings is 1. The fourth-order valence-electron chi connectivity index (χ4n) is 3.08. The maximum atomic E-state index is 11.9. The standard InChI is InChI=1S/C18H18Cl2N2O2/c1-10-2-3-11(8-15(10)20)13(9-12-4-7-17(23)21-12)16-6-5-14(19)18(24)22-16/h2-3,5-6,8,12-13H,4,7,9H2,1H3,(H,21,23)(H,22,24)/t12-,13?/m1/s1. The fraction of sp³-hybridized carbons (Fsp3) is 0.333. The Morgan fingerprint density at radius 3 is 2.58 bits per heavy atom. The van der Waals surface area contributed by atoms with E-state index in [4.69, 9.17) is 23.2 Å². The van der Waals surface area contributed by atoms with E-state index in [9.17, 15) is 9.59 Å². The quantitative estimate of drug-likeness (QED) is 0.866. The molecule has 2 N–H and O–H groups in total. The molecule has 1 aliphatic heterocycles. The molecule has 1 fully saturated rings. The van der Waals surface area contributed by atoms with Crippen LogP contribution in [0.2, 0.25) is 10.0 Å². The van der Waals surface area contributed by atoms with E-state index in [2.05, 4.69) is 10.3 Å². The number of rotatable bonds is 4. The molecule has 0 bridgehead atoms. The Kier molecular flexibility index (Phi) is 4.97. The van der Waals surface area contributed by atoms with Crippen LogP contribution in [-0.4, -0.2) is 16.9 Å². The van der Waals surface area contributed by atoms with Gasteiger partial charge >= 0.3 is 0 Å². The molecule has 0 radical (unpaired) electrons. The second-order valence-electron chi connectivity index (χ2n) is 6.19. The number of halogens is 2. The maximum absolute atomic E-state index is 11.9. The second-order valence-corrected chi connectivity index (χ2v) is 7.01. The fourth-order valence-corrected chi connectivity index (χ4v) is 3.38. The minimum absolute atomic E-state index is 0.0727. The number of carbonyl (C=O) groups excluding carboxylic acids is 1. The smallest absolute Gasteiger partial charge is 0.266 e. The largest absolute Gasteiger partial charge is 0.353 e. The first-order valence-corrected chi connectivity index (χ1v) is 8.64. The van der Waals surface area contributed by atoms with Crippen LogP contribution in [0.3, 0.4) is 0 Å². The summed E-state index contributed by atoms with van der Waals surface area (Å²) in [5.41, 5.74) is 2.46. The van der Waals surface area contributed by atoms with Crippen LogP contribution in [0.15, 0.2) is 35.1 Å². The van der Waals surface area contributed by atoms with E-state index in [0.29, 0.717) is 17.9 Å². The van der Waals surface area contributed by atoms with Gasteiger partial charge in [0.05, 0.1) is 0 Å². The van der Waals surface area contributed by atoms with Gasteiger partial charge in [-0.15, -0.1) is 0 Å². The highest BCUT2D eigenvalue weighted by Gasteiger charge is 2.26. The van der Waals surface area contributed by atoms with Gasteiger partial charge in [-0.1, -0.05) is 35.3 Å². The first kappa shape index (κ1) is 17.1. The van der Waals surface area contributed by atoms with Crippen molar-refractivity contribution in [3.63, 3.8) is 0 Å². The molecule has 24 heavy (non-hydrogen) atoms. The van der Waals surface area contributed by atoms with Crippen molar-refractivity contribution in [1.29, 1.82) is 0 Å². The number of carbonyl (C=O) groups is 1. The van der Waals surface area contributed by atoms with Crippen LogP contribution in [0.5, 0.6) is 0 Å². The molecule has 0 spiro atoms. The Bertz CT molecular complexity index is 832. The topological polar surface area (TPSA) is 62.0 Å². The molecule has 2 heterocycles. The Morgan fingerprint density at radius 1 is 1.17 bits per heavy atom. The molecular weight excluding hydrogens is 347 g/mol. The van der Waals surface area contributed by atoms with Gasteiger partial charge in [-0.25, -0.2) is 0 Å². The number of aryl methyl sites for hydroxylation is 1. The molecule has 1 aromatic carbocycles. The number of aromatic amines is 1. The van der Waals surface area contributed by atoms with Crippen molar-refractivity contribution in [1.82, 2.24) is 10.3 Å². The predicted molar refractivity (Wildman–Crippen MR) is 95.9 cm³/mol. The van der Waals surface area contributed by atoms with Gasteiger partial charge in [-0.3, -0.25) is 9.59 Å². The maximum Gasteiger partial charge on any atom is 0.266 e. The van der Waals surface area contributed by atoms with Gasteiger partial charge in [0, 0.05) is 29.1 Å². The molecule has 1 aliphatic rings. The first-order valence-electron chi connectivity index (χ1n) is 7.88. The van der Waals surface area contributed by atoms with Crippen molar-refractivity contribution in [2.45, 2.75) is 38.1 Å². The molecule has 2 aromatic rings. The number of pyridine rings is 1. The number of amides is 1. The Morgan fingerprint density at radius 2 is 1.96 bits per heavy atom. The van der Waals surface area contributed by atoms with E-state index >= 15 is 0 Å². The van der Waals surface area contributed by atoms with Gasteiger partial charge < -0.3 is 10.3 Å². The molecule has 2 atom stereocenters. The highest BCUT2D eigenvalue weighted by Crippen LogP contribution is 2.32. The Labute approximate surface area is 150 Å². The number of hydrogen-bond donors (Lipinski definition) is 2. The lowest BCUT2D eigenvalue weighted by atomic mass is 9.88. The summed E-state index contributed by atoms with van der Waals surface area (Å²) in [5.74, 6) is 0.00162. The predicted octanol–water partition coefficient (Wildman–Crippen LogP) is 3.79. The number of hydrogen-bond acceptors (Lipinski definition) is 2. The van der Waals surface area contributed by atoms with Crippen molar-refractivity contribution < 1.29 is 4.79 Å². The average molecular weight is 365 g/mol. The normalized spacial score (nSPS) is 18.5. The monoisotopic (exact) mass is 364 g/mol. The Balaban J connectivity index is 1.98. The van der Waals surface area contributed by atoms with Crippen LogP contribution < -0.4 is 10.9 Å². The van der Waals surface area contributed by atoms with Crippen LogP contribution in [-0.2, 0) is 4.79 Å². The summed E-state index contributed by atoms with van der Waals surface area (Å²) in [6.07, 6.45) is 2.04. The van der Waals surface area contributed by atoms with Crippen molar-refractivity contribution in [2.24, 2.45) is 0 Å². The molecule has 126 valence electrons. The molecular formula is C18H18Cl2N2O2. The third-order valence-electron chi connectivity index (χ3n) is 4.46. The third kappa shape index (κ3) is 3.65. The molecule has 6 heteroatoms. The number of aromatic nitrogens is 1. The molecule has 0 saturated carbocycles. The average Bonchev–Trinajstić information content (AvgIpc) is 2.96. The molecule has 0 aliphatic carbocycles. The van der Waals surface area contributed by atoms with Crippen molar-refractivity contribution in [3.8, 4) is 0 Å². The number of nitrogens with one attached hydrogen (secondary N) is 2. The van der Waals surface area contributed by atoms with Crippen LogP contribution in [0.1, 0.15) is 42.0 Å². The zero-order chi connectivity index (χ0) is 17.3. The van der Waals surface area contributed by atoms with E-state index in [1.54, 1.807) is 6.07 Å². The van der Waals surface area contributed by atoms with Gasteiger partial charge in [-0.2, -0.15) is 0 Å². The van der Waals surface area contributed by atoms with E-state index in [1.165, 1.54) is 0 Å². The van der Waals surface area contributed by atoms with Crippen LogP contribution >= 0.6 is 23.2 Å². The van der Waals surface area contributed by atoms with E-state index in [1.807, 2.05) is 31.2 Å². The van der Waals surface area contributed by atoms with E-state index in [0.717, 1.165) is 23.2 Å². The molecule has 1 unspecified atom stereocenters. The van der Waals surface area contributed by atoms with Gasteiger partial charge in [0.2, 0.25) is 5.91 Å². The second kappa shape index (κ2) is 6.99. The Hall–Kier alpha value is -1.78. The summed E-state index contributed by atoms with van der Waals surface area (Å²) in [6, 6.07) is 9.40. The first-order chi connectivity index (χ1) is 11.4. The van der Waals surface area contributed by atoms with Crippen molar-refractivity contribution >= 4 is 29.1 Å². The third-order valence-corrected chi connectivity index (χ3v) is 5.17. The van der Waals surface area contributed by atoms with Crippen molar-refractivity contribution in [2.75, 3.05) is 0 Å². The SMILES string of the molecule is Cc1ccc(C(C[C@H]2CCC(=O)N2)c2ccc(Cl)c(=O)[nH]2)cc1Cl. The van der Waals surface area contributed by atoms with E-state index in [-0.39, 0.29) is 28.4 Å². The molecule has 4 nitrogen and oxygen atoms in total. The summed E-state index contributed by atoms with van der Waals surface area (Å²) in [5, 5.41) is 3.83. The molecule has 1 aromatic heterocycles. The van der Waals surface area contributed by atoms with Gasteiger partial charge in [0.15, 0.2) is 0 Å². The zero-order valence-electron chi connectivity index (χ0n) is 13.2. The molecule has 1 amide bonds. The number of H-pyrrole nitrogens is 1. The summed E-state index contributed by atoms with van der Waals surface area (Å²) in [7, 11) is 0. The van der Waals surface area contributed by atoms with Gasteiger partial charge in [0.1, 0.15) is 5.02 Å². The summed E-state index contributed by atoms with van der Waals surface area (Å²) < 4.78 is 0. The highest BCUT2D eigenvalue weighted by molar-refractivity contribution is 6.31. The lowest BCUT2D eigenvalue weighted by molar-refractivity contribution is -0.119. The van der Waals surface area contributed by atoms with Crippen LogP contribution in [0, 0.1) is 6.92 Å². The highest BCUT2D eigenvalue weighted by atomic mass is 35.5. The van der Waals surface area contributed by atoms with Gasteiger partial charge in [-0.05, 0) is 49.1 Å². The lowest BCUT2D eigenvalue weighted by Gasteiger charge is -2.22. The summed E-state index contributed by atoms with van der Waals surface area (Å²) in [6.45, 7) is 1.95. The lowest BCUT2D eigenvalue weighted by Crippen LogP contribution is -2.28. The van der Waals surface area contributed by atoms with Crippen LogP contribution in [0.25, 0.3) is 0 Å². The summed E-state index contributed by atoms with van der Waals surface area (Å²) >= 11 is 12.1. The van der Waals surface area contributed by atoms with Gasteiger partial charge in [0.25, 0.3) is 5.56 Å². The molecule has 3 rings (SSSR count). The van der Waals surface area contributed by atoms with Crippen molar-refractivity contribution in [3.05, 3.63) is 67.6 Å². The summed E-state index contributed by atoms with van der Waals surface area (Å²) in [4.78, 5) is 26.3. The van der Waals surface area contributed by atoms with E-state index < -0.39 is 0 Å². The molecule has 1 saturated heterocycles. The minimum Gasteiger partial charge on any atom is -0.353 e.